The van der Waals surface area contributed by atoms with Gasteiger partial charge in [-0.05, 0) is 12.2 Å². The Bertz CT molecular complexity index is 98.6. The van der Waals surface area contributed by atoms with Crippen LogP contribution in [0.15, 0.2) is 0 Å². The maximum atomic E-state index is 11.6. The summed E-state index contributed by atoms with van der Waals surface area (Å²) in [6.45, 7) is -0.167. The number of alkyl halides is 1. The first kappa shape index (κ1) is 8.58. The smallest absolute Gasteiger partial charge is 0.213 e. The van der Waals surface area contributed by atoms with Gasteiger partial charge in [0.1, 0.15) is 0 Å². The molecular weight excluding hydrogens is 143 g/mol. The Balaban J connectivity index is 3.17. The largest absolute Gasteiger partial charge is 0.366 e. The van der Waals surface area contributed by atoms with Crippen LogP contribution in [0.5, 0.6) is 0 Å². The SMILES string of the molecule is CNC(=S)NCC(O)F. The first-order chi connectivity index (χ1) is 4.16. The normalized spacial score (nSPS) is 12.3. The lowest BCUT2D eigenvalue weighted by Gasteiger charge is -2.05. The number of thiocarbonyl (C=S) groups is 1. The van der Waals surface area contributed by atoms with E-state index >= 15 is 0 Å². The second-order valence-corrected chi connectivity index (χ2v) is 1.80. The van der Waals surface area contributed by atoms with Crippen LogP contribution in [0.25, 0.3) is 0 Å². The van der Waals surface area contributed by atoms with Crippen molar-refractivity contribution in [1.29, 1.82) is 0 Å². The molecule has 0 aliphatic heterocycles. The van der Waals surface area contributed by atoms with Crippen LogP contribution in [-0.2, 0) is 0 Å². The minimum Gasteiger partial charge on any atom is -0.366 e. The number of hydrogen-bond acceptors (Lipinski definition) is 2. The summed E-state index contributed by atoms with van der Waals surface area (Å²) < 4.78 is 11.6. The second kappa shape index (κ2) is 4.46. The zero-order valence-corrected chi connectivity index (χ0v) is 5.83. The van der Waals surface area contributed by atoms with Crippen LogP contribution >= 0.6 is 12.2 Å². The molecule has 54 valence electrons. The molecule has 0 saturated heterocycles. The molecular formula is C4H9FN2OS. The molecule has 0 rings (SSSR count). The molecule has 0 aromatic rings. The highest BCUT2D eigenvalue weighted by atomic mass is 32.1. The molecule has 0 radical (unpaired) electrons. The maximum absolute atomic E-state index is 11.6. The average molecular weight is 152 g/mol. The third kappa shape index (κ3) is 5.45. The van der Waals surface area contributed by atoms with Crippen LogP contribution in [0.1, 0.15) is 0 Å². The van der Waals surface area contributed by atoms with Gasteiger partial charge in [0.25, 0.3) is 0 Å². The average Bonchev–Trinajstić information content (AvgIpc) is 1.83. The molecule has 0 saturated carbocycles. The number of halogens is 1. The van der Waals surface area contributed by atoms with Gasteiger partial charge in [0, 0.05) is 7.05 Å². The molecule has 3 nitrogen and oxygen atoms in total. The van der Waals surface area contributed by atoms with Crippen molar-refractivity contribution in [3.05, 3.63) is 0 Å². The molecule has 1 atom stereocenters. The summed E-state index contributed by atoms with van der Waals surface area (Å²) in [5, 5.41) is 13.4. The summed E-state index contributed by atoms with van der Waals surface area (Å²) in [6.07, 6.45) is -1.85. The van der Waals surface area contributed by atoms with Gasteiger partial charge in [-0.3, -0.25) is 0 Å². The molecule has 5 heteroatoms. The van der Waals surface area contributed by atoms with Gasteiger partial charge in [0.05, 0.1) is 6.54 Å². The zero-order valence-electron chi connectivity index (χ0n) is 5.02. The van der Waals surface area contributed by atoms with Gasteiger partial charge in [-0.25, -0.2) is 4.39 Å². The Morgan fingerprint density at radius 2 is 2.44 bits per heavy atom. The predicted octanol–water partition coefficient (Wildman–Crippen LogP) is -0.632. The van der Waals surface area contributed by atoms with Gasteiger partial charge >= 0.3 is 0 Å². The lowest BCUT2D eigenvalue weighted by atomic mass is 10.6. The monoisotopic (exact) mass is 152 g/mol. The van der Waals surface area contributed by atoms with Crippen molar-refractivity contribution in [3.63, 3.8) is 0 Å². The van der Waals surface area contributed by atoms with E-state index in [2.05, 4.69) is 22.9 Å². The first-order valence-corrected chi connectivity index (χ1v) is 2.85. The third-order valence-corrected chi connectivity index (χ3v) is 1.01. The lowest BCUT2D eigenvalue weighted by molar-refractivity contribution is 0.0468. The predicted molar refractivity (Wildman–Crippen MR) is 36.8 cm³/mol. The summed E-state index contributed by atoms with van der Waals surface area (Å²) in [7, 11) is 1.61. The van der Waals surface area contributed by atoms with E-state index in [0.717, 1.165) is 0 Å². The van der Waals surface area contributed by atoms with E-state index in [1.54, 1.807) is 7.05 Å². The van der Waals surface area contributed by atoms with E-state index in [1.165, 1.54) is 0 Å². The minimum atomic E-state index is -1.85. The number of aliphatic hydroxyl groups is 1. The van der Waals surface area contributed by atoms with Crippen molar-refractivity contribution < 1.29 is 9.50 Å². The van der Waals surface area contributed by atoms with Gasteiger partial charge in [0.2, 0.25) is 6.36 Å². The fourth-order valence-corrected chi connectivity index (χ4v) is 0.349. The molecule has 0 fully saturated rings. The molecule has 3 N–H and O–H groups in total. The molecule has 0 spiro atoms. The van der Waals surface area contributed by atoms with Crippen LogP contribution in [0, 0.1) is 0 Å². The minimum absolute atomic E-state index is 0.167. The van der Waals surface area contributed by atoms with Crippen molar-refractivity contribution in [2.75, 3.05) is 13.6 Å². The first-order valence-electron chi connectivity index (χ1n) is 2.44. The highest BCUT2D eigenvalue weighted by Gasteiger charge is 1.97. The Morgan fingerprint density at radius 1 is 1.89 bits per heavy atom. The Morgan fingerprint density at radius 3 is 2.78 bits per heavy atom. The van der Waals surface area contributed by atoms with Crippen LogP contribution in [0.3, 0.4) is 0 Å². The molecule has 0 aromatic carbocycles. The molecule has 0 aliphatic carbocycles. The molecule has 0 aliphatic rings. The quantitative estimate of drug-likeness (QED) is 0.461. The van der Waals surface area contributed by atoms with Gasteiger partial charge in [0.15, 0.2) is 5.11 Å². The Kier molecular flexibility index (Phi) is 4.25. The summed E-state index contributed by atoms with van der Waals surface area (Å²) in [6, 6.07) is 0. The van der Waals surface area contributed by atoms with Crippen molar-refractivity contribution >= 4 is 17.3 Å². The van der Waals surface area contributed by atoms with Crippen LogP contribution < -0.4 is 10.6 Å². The van der Waals surface area contributed by atoms with Crippen LogP contribution in [0.4, 0.5) is 4.39 Å². The molecule has 0 bridgehead atoms. The number of hydrogen-bond donors (Lipinski definition) is 3. The topological polar surface area (TPSA) is 44.3 Å². The molecule has 9 heavy (non-hydrogen) atoms. The number of nitrogens with one attached hydrogen (secondary N) is 2. The van der Waals surface area contributed by atoms with E-state index in [4.69, 9.17) is 5.11 Å². The lowest BCUT2D eigenvalue weighted by Crippen LogP contribution is -2.36. The fourth-order valence-electron chi connectivity index (χ4n) is 0.265. The third-order valence-electron chi connectivity index (χ3n) is 0.658. The molecule has 0 heterocycles. The molecule has 0 amide bonds. The van der Waals surface area contributed by atoms with Crippen molar-refractivity contribution in [2.45, 2.75) is 6.36 Å². The van der Waals surface area contributed by atoms with Crippen LogP contribution in [-0.4, -0.2) is 30.2 Å². The van der Waals surface area contributed by atoms with E-state index in [-0.39, 0.29) is 6.54 Å². The standard InChI is InChI=1S/C4H9FN2OS/c1-6-4(9)7-2-3(5)8/h3,8H,2H2,1H3,(H2,6,7,9). The van der Waals surface area contributed by atoms with Crippen molar-refractivity contribution in [3.8, 4) is 0 Å². The summed E-state index contributed by atoms with van der Waals surface area (Å²) in [4.78, 5) is 0. The molecule has 1 unspecified atom stereocenters. The molecule has 0 aromatic heterocycles. The summed E-state index contributed by atoms with van der Waals surface area (Å²) in [5.74, 6) is 0. The Hall–Kier alpha value is -0.420. The highest BCUT2D eigenvalue weighted by molar-refractivity contribution is 7.80. The zero-order chi connectivity index (χ0) is 7.28. The van der Waals surface area contributed by atoms with E-state index < -0.39 is 6.36 Å². The highest BCUT2D eigenvalue weighted by Crippen LogP contribution is 1.77. The van der Waals surface area contributed by atoms with Gasteiger partial charge in [-0.1, -0.05) is 0 Å². The van der Waals surface area contributed by atoms with Gasteiger partial charge in [-0.15, -0.1) is 0 Å². The second-order valence-electron chi connectivity index (χ2n) is 1.39. The number of aliphatic hydroxyl groups excluding tert-OH is 1. The van der Waals surface area contributed by atoms with Crippen molar-refractivity contribution in [1.82, 2.24) is 10.6 Å². The van der Waals surface area contributed by atoms with Gasteiger partial charge in [-0.2, -0.15) is 0 Å². The van der Waals surface area contributed by atoms with E-state index in [1.807, 2.05) is 0 Å². The van der Waals surface area contributed by atoms with Gasteiger partial charge < -0.3 is 15.7 Å². The Labute approximate surface area is 58.3 Å². The van der Waals surface area contributed by atoms with Crippen LogP contribution in [0.2, 0.25) is 0 Å². The van der Waals surface area contributed by atoms with E-state index in [9.17, 15) is 4.39 Å². The van der Waals surface area contributed by atoms with Crippen molar-refractivity contribution in [2.24, 2.45) is 0 Å². The summed E-state index contributed by atoms with van der Waals surface area (Å²) >= 11 is 4.57. The number of rotatable bonds is 2. The maximum Gasteiger partial charge on any atom is 0.213 e. The summed E-state index contributed by atoms with van der Waals surface area (Å²) in [5.41, 5.74) is 0. The van der Waals surface area contributed by atoms with E-state index in [0.29, 0.717) is 5.11 Å². The fraction of sp³-hybridized carbons (Fsp3) is 0.750.